The average Bonchev–Trinajstić information content (AvgIpc) is 2.57. The van der Waals surface area contributed by atoms with Gasteiger partial charge in [0.25, 0.3) is 0 Å². The number of methoxy groups -OCH3 is 1. The molecule has 0 spiro atoms. The van der Waals surface area contributed by atoms with Crippen molar-refractivity contribution < 1.29 is 9.53 Å². The van der Waals surface area contributed by atoms with E-state index in [0.29, 0.717) is 12.0 Å². The maximum atomic E-state index is 12.3. The molecule has 1 aliphatic carbocycles. The number of hydrogen-bond donors (Lipinski definition) is 1. The maximum Gasteiger partial charge on any atom is 0.173 e. The normalized spacial score (nSPS) is 16.5. The van der Waals surface area contributed by atoms with E-state index in [-0.39, 0.29) is 5.78 Å². The number of hydrogen-bond acceptors (Lipinski definition) is 4. The number of allylic oxidation sites excluding steroid dienone is 4. The zero-order chi connectivity index (χ0) is 16.9. The second-order valence-electron chi connectivity index (χ2n) is 6.04. The number of unbranched alkanes of at least 4 members (excludes halogenated alkanes) is 3. The molecule has 0 aliphatic heterocycles. The Bertz CT molecular complexity index is 472. The van der Waals surface area contributed by atoms with Crippen LogP contribution in [0, 0.1) is 11.3 Å². The lowest BCUT2D eigenvalue weighted by Gasteiger charge is -2.18. The molecule has 0 aromatic rings. The van der Waals surface area contributed by atoms with Crippen molar-refractivity contribution in [2.24, 2.45) is 0 Å². The summed E-state index contributed by atoms with van der Waals surface area (Å²) in [5, 5.41) is 12.8. The van der Waals surface area contributed by atoms with Gasteiger partial charge >= 0.3 is 0 Å². The minimum atomic E-state index is 0.00971. The SMILES string of the molecule is CCCCCCC(=O)/C(C#N)=C1\C=C(NCCCOC)CCC1. The Morgan fingerprint density at radius 1 is 1.30 bits per heavy atom. The van der Waals surface area contributed by atoms with Crippen LogP contribution in [0.3, 0.4) is 0 Å². The molecule has 0 aromatic heterocycles. The van der Waals surface area contributed by atoms with E-state index in [2.05, 4.69) is 18.3 Å². The molecule has 0 aromatic carbocycles. The van der Waals surface area contributed by atoms with Crippen molar-refractivity contribution in [1.82, 2.24) is 5.32 Å². The highest BCUT2D eigenvalue weighted by Crippen LogP contribution is 2.24. The van der Waals surface area contributed by atoms with Crippen LogP contribution < -0.4 is 5.32 Å². The summed E-state index contributed by atoms with van der Waals surface area (Å²) in [6.45, 7) is 3.75. The lowest BCUT2D eigenvalue weighted by Crippen LogP contribution is -2.19. The molecular formula is C19H30N2O2. The lowest BCUT2D eigenvalue weighted by molar-refractivity contribution is -0.115. The smallest absolute Gasteiger partial charge is 0.173 e. The van der Waals surface area contributed by atoms with Crippen molar-refractivity contribution in [2.75, 3.05) is 20.3 Å². The molecule has 0 amide bonds. The van der Waals surface area contributed by atoms with Gasteiger partial charge in [-0.3, -0.25) is 4.79 Å². The first-order valence-electron chi connectivity index (χ1n) is 8.82. The monoisotopic (exact) mass is 318 g/mol. The van der Waals surface area contributed by atoms with Gasteiger partial charge in [0.2, 0.25) is 0 Å². The highest BCUT2D eigenvalue weighted by Gasteiger charge is 2.17. The van der Waals surface area contributed by atoms with Crippen molar-refractivity contribution in [2.45, 2.75) is 64.7 Å². The summed E-state index contributed by atoms with van der Waals surface area (Å²) in [4.78, 5) is 12.3. The highest BCUT2D eigenvalue weighted by atomic mass is 16.5. The standard InChI is InChI=1S/C19H30N2O2/c1-3-4-5-6-11-19(22)18(15-20)16-9-7-10-17(14-16)21-12-8-13-23-2/h14,21H,3-13H2,1-2H3/b18-16-. The van der Waals surface area contributed by atoms with Gasteiger partial charge in [0.05, 0.1) is 5.57 Å². The summed E-state index contributed by atoms with van der Waals surface area (Å²) >= 11 is 0. The first kappa shape index (κ1) is 19.4. The second-order valence-corrected chi connectivity index (χ2v) is 6.04. The van der Waals surface area contributed by atoms with Gasteiger partial charge in [-0.2, -0.15) is 5.26 Å². The summed E-state index contributed by atoms with van der Waals surface area (Å²) in [5.41, 5.74) is 2.42. The van der Waals surface area contributed by atoms with E-state index in [1.54, 1.807) is 7.11 Å². The van der Waals surface area contributed by atoms with Crippen molar-refractivity contribution in [3.63, 3.8) is 0 Å². The van der Waals surface area contributed by atoms with E-state index in [1.165, 1.54) is 0 Å². The molecule has 23 heavy (non-hydrogen) atoms. The van der Waals surface area contributed by atoms with E-state index in [0.717, 1.165) is 75.8 Å². The van der Waals surface area contributed by atoms with Crippen molar-refractivity contribution in [1.29, 1.82) is 5.26 Å². The Hall–Kier alpha value is -1.60. The Morgan fingerprint density at radius 3 is 2.83 bits per heavy atom. The molecule has 0 saturated heterocycles. The van der Waals surface area contributed by atoms with Gasteiger partial charge in [-0.05, 0) is 43.8 Å². The topological polar surface area (TPSA) is 62.1 Å². The Labute approximate surface area is 140 Å². The fraction of sp³-hybridized carbons (Fsp3) is 0.684. The van der Waals surface area contributed by atoms with E-state index in [4.69, 9.17) is 4.74 Å². The van der Waals surface area contributed by atoms with Gasteiger partial charge in [0.15, 0.2) is 5.78 Å². The number of nitriles is 1. The Morgan fingerprint density at radius 2 is 2.13 bits per heavy atom. The predicted molar refractivity (Wildman–Crippen MR) is 92.8 cm³/mol. The molecule has 0 saturated carbocycles. The number of ketones is 1. The molecule has 1 aliphatic rings. The molecular weight excluding hydrogens is 288 g/mol. The summed E-state index contributed by atoms with van der Waals surface area (Å²) in [6.07, 6.45) is 10.5. The quantitative estimate of drug-likeness (QED) is 0.355. The molecule has 0 radical (unpaired) electrons. The summed E-state index contributed by atoms with van der Waals surface area (Å²) in [6, 6.07) is 2.15. The van der Waals surface area contributed by atoms with Crippen LogP contribution in [0.25, 0.3) is 0 Å². The van der Waals surface area contributed by atoms with Gasteiger partial charge in [-0.1, -0.05) is 26.2 Å². The van der Waals surface area contributed by atoms with E-state index in [1.807, 2.05) is 6.08 Å². The molecule has 1 rings (SSSR count). The number of nitrogens with one attached hydrogen (secondary N) is 1. The van der Waals surface area contributed by atoms with Gasteiger partial charge in [0.1, 0.15) is 6.07 Å². The van der Waals surface area contributed by atoms with E-state index in [9.17, 15) is 10.1 Å². The fourth-order valence-electron chi connectivity index (χ4n) is 2.78. The zero-order valence-corrected chi connectivity index (χ0v) is 14.6. The molecule has 0 heterocycles. The van der Waals surface area contributed by atoms with Crippen LogP contribution in [-0.4, -0.2) is 26.0 Å². The third-order valence-electron chi connectivity index (χ3n) is 4.09. The number of carbonyl (C=O) groups is 1. The van der Waals surface area contributed by atoms with E-state index >= 15 is 0 Å². The minimum Gasteiger partial charge on any atom is -0.388 e. The molecule has 4 heteroatoms. The number of nitrogens with zero attached hydrogens (tertiary/aromatic N) is 1. The van der Waals surface area contributed by atoms with Crippen molar-refractivity contribution >= 4 is 5.78 Å². The molecule has 0 fully saturated rings. The largest absolute Gasteiger partial charge is 0.388 e. The van der Waals surface area contributed by atoms with Crippen LogP contribution in [0.5, 0.6) is 0 Å². The Balaban J connectivity index is 2.63. The maximum absolute atomic E-state index is 12.3. The first-order valence-corrected chi connectivity index (χ1v) is 8.82. The number of ether oxygens (including phenoxy) is 1. The Kier molecular flexibility index (Phi) is 10.1. The summed E-state index contributed by atoms with van der Waals surface area (Å²) in [7, 11) is 1.70. The summed E-state index contributed by atoms with van der Waals surface area (Å²) < 4.78 is 5.04. The number of Topliss-reactive ketones (excluding diaryl/α,β-unsaturated/α-hetero) is 1. The van der Waals surface area contributed by atoms with Crippen molar-refractivity contribution in [3.05, 3.63) is 22.9 Å². The molecule has 0 bridgehead atoms. The van der Waals surface area contributed by atoms with Crippen LogP contribution in [0.1, 0.15) is 64.7 Å². The fourth-order valence-corrected chi connectivity index (χ4v) is 2.78. The van der Waals surface area contributed by atoms with Crippen LogP contribution in [0.2, 0.25) is 0 Å². The highest BCUT2D eigenvalue weighted by molar-refractivity contribution is 6.00. The molecule has 128 valence electrons. The zero-order valence-electron chi connectivity index (χ0n) is 14.6. The van der Waals surface area contributed by atoms with Gasteiger partial charge < -0.3 is 10.1 Å². The average molecular weight is 318 g/mol. The third kappa shape index (κ3) is 7.47. The molecule has 0 unspecified atom stereocenters. The van der Waals surface area contributed by atoms with Crippen LogP contribution in [-0.2, 0) is 9.53 Å². The van der Waals surface area contributed by atoms with Crippen molar-refractivity contribution in [3.8, 4) is 6.07 Å². The lowest BCUT2D eigenvalue weighted by atomic mass is 9.92. The molecule has 0 atom stereocenters. The van der Waals surface area contributed by atoms with Gasteiger partial charge in [-0.25, -0.2) is 0 Å². The predicted octanol–water partition coefficient (Wildman–Crippen LogP) is 4.04. The molecule has 1 N–H and O–H groups in total. The second kappa shape index (κ2) is 11.9. The minimum absolute atomic E-state index is 0.00971. The third-order valence-corrected chi connectivity index (χ3v) is 4.09. The number of rotatable bonds is 11. The summed E-state index contributed by atoms with van der Waals surface area (Å²) in [5.74, 6) is 0.00971. The number of carbonyl (C=O) groups excluding carboxylic acids is 1. The van der Waals surface area contributed by atoms with Crippen LogP contribution >= 0.6 is 0 Å². The van der Waals surface area contributed by atoms with Crippen LogP contribution in [0.4, 0.5) is 0 Å². The van der Waals surface area contributed by atoms with Gasteiger partial charge in [-0.15, -0.1) is 0 Å². The van der Waals surface area contributed by atoms with E-state index < -0.39 is 0 Å². The van der Waals surface area contributed by atoms with Crippen LogP contribution in [0.15, 0.2) is 22.9 Å². The molecule has 4 nitrogen and oxygen atoms in total. The van der Waals surface area contributed by atoms with Gasteiger partial charge in [0, 0.05) is 32.4 Å². The first-order chi connectivity index (χ1) is 11.2.